The van der Waals surface area contributed by atoms with Crippen LogP contribution in [-0.4, -0.2) is 43.1 Å². The van der Waals surface area contributed by atoms with Gasteiger partial charge < -0.3 is 9.74 Å². The van der Waals surface area contributed by atoms with E-state index in [1.54, 1.807) is 17.8 Å². The van der Waals surface area contributed by atoms with Crippen LogP contribution in [0.2, 0.25) is 0 Å². The molecule has 3 rings (SSSR count). The quantitative estimate of drug-likeness (QED) is 0.117. The van der Waals surface area contributed by atoms with Crippen LogP contribution >= 0.6 is 11.8 Å². The van der Waals surface area contributed by atoms with Crippen molar-refractivity contribution in [2.75, 3.05) is 32.5 Å². The number of benzene rings is 2. The predicted octanol–water partition coefficient (Wildman–Crippen LogP) is 6.84. The zero-order valence-corrected chi connectivity index (χ0v) is 20.2. The van der Waals surface area contributed by atoms with Crippen LogP contribution in [0.25, 0.3) is 6.08 Å². The summed E-state index contributed by atoms with van der Waals surface area (Å²) in [6.45, 7) is 8.15. The molecule has 0 bridgehead atoms. The summed E-state index contributed by atoms with van der Waals surface area (Å²) < 4.78 is 0. The van der Waals surface area contributed by atoms with Crippen molar-refractivity contribution in [3.05, 3.63) is 84.0 Å². The molecule has 0 aromatic heterocycles. The van der Waals surface area contributed by atoms with Crippen molar-refractivity contribution in [3.63, 3.8) is 0 Å². The number of allylic oxidation sites excluding steroid dienone is 2. The molecule has 1 aliphatic heterocycles. The van der Waals surface area contributed by atoms with Gasteiger partial charge in [0.15, 0.2) is 0 Å². The van der Waals surface area contributed by atoms with Crippen molar-refractivity contribution in [1.29, 1.82) is 0 Å². The molecule has 2 aromatic rings. The first-order chi connectivity index (χ1) is 15.8. The van der Waals surface area contributed by atoms with Gasteiger partial charge in [-0.1, -0.05) is 72.8 Å². The summed E-state index contributed by atoms with van der Waals surface area (Å²) >= 11 is 1.75. The molecule has 1 fully saturated rings. The lowest BCUT2D eigenvalue weighted by Gasteiger charge is -2.26. The Bertz CT molecular complexity index is 883. The number of thioether (sulfide) groups is 1. The van der Waals surface area contributed by atoms with Crippen LogP contribution in [-0.2, 0) is 11.3 Å². The molecule has 170 valence electrons. The molecule has 0 unspecified atom stereocenters. The lowest BCUT2D eigenvalue weighted by molar-refractivity contribution is 0.134. The van der Waals surface area contributed by atoms with Crippen LogP contribution in [0.1, 0.15) is 48.8 Å². The van der Waals surface area contributed by atoms with Crippen LogP contribution in [0, 0.1) is 0 Å². The Labute approximate surface area is 198 Å². The first-order valence-corrected chi connectivity index (χ1v) is 13.0. The van der Waals surface area contributed by atoms with Gasteiger partial charge in [-0.25, -0.2) is 0 Å². The lowest BCUT2D eigenvalue weighted by Crippen LogP contribution is -2.30. The Hall–Kier alpha value is -2.30. The third-order valence-corrected chi connectivity index (χ3v) is 6.58. The fourth-order valence-corrected chi connectivity index (χ4v) is 4.40. The van der Waals surface area contributed by atoms with E-state index < -0.39 is 0 Å². The van der Waals surface area contributed by atoms with E-state index in [0.29, 0.717) is 6.61 Å². The molecule has 1 saturated heterocycles. The van der Waals surface area contributed by atoms with Gasteiger partial charge in [-0.15, -0.1) is 11.8 Å². The standard InChI is InChI=1S/C28H36N2OS/c1-3-4-12-24-13-6-7-14-26(24)23-28(25-15-17-27(32-2)18-16-25)29-31-22-11-10-21-30-19-8-5-9-20-30/h3-4,6-7,12-18H,1,5,8-11,19-23H2,2H3. The van der Waals surface area contributed by atoms with Crippen molar-refractivity contribution in [1.82, 2.24) is 4.90 Å². The molecule has 32 heavy (non-hydrogen) atoms. The number of unbranched alkanes of at least 4 members (excludes halogenated alkanes) is 1. The van der Waals surface area contributed by atoms with Crippen molar-refractivity contribution < 1.29 is 4.84 Å². The van der Waals surface area contributed by atoms with E-state index in [1.165, 1.54) is 61.3 Å². The number of hydrogen-bond acceptors (Lipinski definition) is 4. The Kier molecular flexibility index (Phi) is 10.6. The van der Waals surface area contributed by atoms with Crippen molar-refractivity contribution in [3.8, 4) is 0 Å². The molecule has 0 atom stereocenters. The number of piperidine rings is 1. The lowest BCUT2D eigenvalue weighted by atomic mass is 9.98. The van der Waals surface area contributed by atoms with Gasteiger partial charge in [-0.3, -0.25) is 0 Å². The molecule has 0 N–H and O–H groups in total. The second kappa shape index (κ2) is 14.0. The topological polar surface area (TPSA) is 24.8 Å². The summed E-state index contributed by atoms with van der Waals surface area (Å²) in [4.78, 5) is 9.65. The molecular formula is C28H36N2OS. The molecule has 1 aliphatic rings. The molecule has 0 spiro atoms. The van der Waals surface area contributed by atoms with E-state index in [9.17, 15) is 0 Å². The first-order valence-electron chi connectivity index (χ1n) is 11.7. The Balaban J connectivity index is 1.64. The molecule has 0 amide bonds. The van der Waals surface area contributed by atoms with Gasteiger partial charge in [0.1, 0.15) is 6.61 Å². The van der Waals surface area contributed by atoms with Crippen LogP contribution in [0.3, 0.4) is 0 Å². The average Bonchev–Trinajstić information content (AvgIpc) is 2.85. The molecule has 0 radical (unpaired) electrons. The molecule has 3 nitrogen and oxygen atoms in total. The van der Waals surface area contributed by atoms with Crippen LogP contribution in [0.4, 0.5) is 0 Å². The van der Waals surface area contributed by atoms with Gasteiger partial charge in [-0.2, -0.15) is 0 Å². The number of rotatable bonds is 12. The van der Waals surface area contributed by atoms with Crippen molar-refractivity contribution >= 4 is 23.5 Å². The van der Waals surface area contributed by atoms with E-state index in [0.717, 1.165) is 24.1 Å². The highest BCUT2D eigenvalue weighted by molar-refractivity contribution is 7.98. The Morgan fingerprint density at radius 1 is 1.06 bits per heavy atom. The molecular weight excluding hydrogens is 412 g/mol. The molecule has 1 heterocycles. The third-order valence-electron chi connectivity index (χ3n) is 5.83. The first kappa shape index (κ1) is 24.3. The van der Waals surface area contributed by atoms with Crippen molar-refractivity contribution in [2.45, 2.75) is 43.4 Å². The maximum Gasteiger partial charge on any atom is 0.117 e. The van der Waals surface area contributed by atoms with Crippen LogP contribution < -0.4 is 0 Å². The van der Waals surface area contributed by atoms with Gasteiger partial charge in [0.05, 0.1) is 5.71 Å². The number of likely N-dealkylation sites (tertiary alicyclic amines) is 1. The van der Waals surface area contributed by atoms with E-state index in [1.807, 2.05) is 6.08 Å². The zero-order chi connectivity index (χ0) is 22.4. The highest BCUT2D eigenvalue weighted by Gasteiger charge is 2.10. The minimum absolute atomic E-state index is 0.665. The van der Waals surface area contributed by atoms with Crippen LogP contribution in [0.5, 0.6) is 0 Å². The molecule has 0 saturated carbocycles. The smallest absolute Gasteiger partial charge is 0.117 e. The summed E-state index contributed by atoms with van der Waals surface area (Å²) in [6, 6.07) is 17.0. The molecule has 0 aliphatic carbocycles. The summed E-state index contributed by atoms with van der Waals surface area (Å²) in [5, 5.41) is 4.60. The summed E-state index contributed by atoms with van der Waals surface area (Å²) in [7, 11) is 0. The monoisotopic (exact) mass is 448 g/mol. The van der Waals surface area contributed by atoms with Gasteiger partial charge >= 0.3 is 0 Å². The van der Waals surface area contributed by atoms with E-state index in [2.05, 4.69) is 77.5 Å². The SMILES string of the molecule is C=CC=Cc1ccccc1CC(=NOCCCCN1CCCCC1)c1ccc(SC)cc1. The largest absolute Gasteiger partial charge is 0.396 e. The maximum atomic E-state index is 5.82. The molecule has 2 aromatic carbocycles. The summed E-state index contributed by atoms with van der Waals surface area (Å²) in [5.41, 5.74) is 4.49. The van der Waals surface area contributed by atoms with E-state index in [-0.39, 0.29) is 0 Å². The minimum atomic E-state index is 0.665. The second-order valence-electron chi connectivity index (χ2n) is 8.18. The average molecular weight is 449 g/mol. The Morgan fingerprint density at radius 2 is 1.84 bits per heavy atom. The summed E-state index contributed by atoms with van der Waals surface area (Å²) in [6.07, 6.45) is 15.0. The Morgan fingerprint density at radius 3 is 2.59 bits per heavy atom. The van der Waals surface area contributed by atoms with Crippen LogP contribution in [0.15, 0.2) is 77.3 Å². The number of nitrogens with zero attached hydrogens (tertiary/aromatic N) is 2. The van der Waals surface area contributed by atoms with Gasteiger partial charge in [0, 0.05) is 11.3 Å². The molecule has 4 heteroatoms. The van der Waals surface area contributed by atoms with Gasteiger partial charge in [0.2, 0.25) is 0 Å². The normalized spacial score (nSPS) is 15.2. The highest BCUT2D eigenvalue weighted by atomic mass is 32.2. The fourth-order valence-electron chi connectivity index (χ4n) is 3.99. The zero-order valence-electron chi connectivity index (χ0n) is 19.3. The second-order valence-corrected chi connectivity index (χ2v) is 9.06. The fraction of sp³-hybridized carbons (Fsp3) is 0.393. The third kappa shape index (κ3) is 7.99. The summed E-state index contributed by atoms with van der Waals surface area (Å²) in [5.74, 6) is 0. The predicted molar refractivity (Wildman–Crippen MR) is 140 cm³/mol. The highest BCUT2D eigenvalue weighted by Crippen LogP contribution is 2.19. The minimum Gasteiger partial charge on any atom is -0.396 e. The van der Waals surface area contributed by atoms with E-state index in [4.69, 9.17) is 4.84 Å². The van der Waals surface area contributed by atoms with E-state index >= 15 is 0 Å². The van der Waals surface area contributed by atoms with Gasteiger partial charge in [0.25, 0.3) is 0 Å². The maximum absolute atomic E-state index is 5.82. The van der Waals surface area contributed by atoms with Gasteiger partial charge in [-0.05, 0) is 80.4 Å². The number of hydrogen-bond donors (Lipinski definition) is 0. The number of oxime groups is 1. The van der Waals surface area contributed by atoms with Crippen molar-refractivity contribution in [2.24, 2.45) is 5.16 Å².